The molecular formula is C17H23NO3. The molecule has 0 atom stereocenters. The van der Waals surface area contributed by atoms with Crippen molar-refractivity contribution in [2.45, 2.75) is 32.2 Å². The van der Waals surface area contributed by atoms with E-state index >= 15 is 0 Å². The maximum absolute atomic E-state index is 12.3. The van der Waals surface area contributed by atoms with E-state index < -0.39 is 0 Å². The number of nitrogens with zero attached hydrogens (tertiary/aromatic N) is 1. The highest BCUT2D eigenvalue weighted by molar-refractivity contribution is 5.88. The zero-order chi connectivity index (χ0) is 15.2. The van der Waals surface area contributed by atoms with Gasteiger partial charge in [0.15, 0.2) is 0 Å². The summed E-state index contributed by atoms with van der Waals surface area (Å²) < 4.78 is 5.33. The molecule has 0 heterocycles. The number of hydrogen-bond donors (Lipinski definition) is 1. The maximum Gasteiger partial charge on any atom is 0.246 e. The lowest BCUT2D eigenvalue weighted by Gasteiger charge is -2.20. The highest BCUT2D eigenvalue weighted by Crippen LogP contribution is 2.27. The Bertz CT molecular complexity index is 521. The average molecular weight is 289 g/mol. The summed E-state index contributed by atoms with van der Waals surface area (Å²) in [5, 5.41) is 9.07. The van der Waals surface area contributed by atoms with Gasteiger partial charge in [-0.05, 0) is 37.8 Å². The molecule has 1 aliphatic carbocycles. The Kier molecular flexibility index (Phi) is 5.39. The van der Waals surface area contributed by atoms with Crippen molar-refractivity contribution in [2.24, 2.45) is 0 Å². The molecule has 114 valence electrons. The molecule has 1 aromatic rings. The molecular weight excluding hydrogens is 266 g/mol. The zero-order valence-corrected chi connectivity index (χ0v) is 12.7. The van der Waals surface area contributed by atoms with Gasteiger partial charge in [-0.1, -0.05) is 23.8 Å². The first kappa shape index (κ1) is 15.6. The zero-order valence-electron chi connectivity index (χ0n) is 12.7. The SMILES string of the molecule is COc1ccccc1C/C(C)=C/C(=O)N(CCO)C1CC1. The van der Waals surface area contributed by atoms with Crippen LogP contribution in [0, 0.1) is 0 Å². The number of carbonyl (C=O) groups excluding carboxylic acids is 1. The first-order chi connectivity index (χ1) is 10.2. The van der Waals surface area contributed by atoms with Crippen molar-refractivity contribution in [3.05, 3.63) is 41.5 Å². The van der Waals surface area contributed by atoms with Crippen molar-refractivity contribution < 1.29 is 14.6 Å². The lowest BCUT2D eigenvalue weighted by atomic mass is 10.0. The molecule has 1 fully saturated rings. The molecule has 1 aromatic carbocycles. The summed E-state index contributed by atoms with van der Waals surface area (Å²) in [6.45, 7) is 2.39. The van der Waals surface area contributed by atoms with Gasteiger partial charge in [0.2, 0.25) is 5.91 Å². The Morgan fingerprint density at radius 3 is 2.76 bits per heavy atom. The van der Waals surface area contributed by atoms with E-state index in [2.05, 4.69) is 0 Å². The molecule has 0 aromatic heterocycles. The minimum absolute atomic E-state index is 0.000974. The molecule has 0 aliphatic heterocycles. The Morgan fingerprint density at radius 2 is 2.14 bits per heavy atom. The smallest absolute Gasteiger partial charge is 0.246 e. The number of aliphatic hydroxyl groups excluding tert-OH is 1. The van der Waals surface area contributed by atoms with E-state index in [1.165, 1.54) is 0 Å². The highest BCUT2D eigenvalue weighted by atomic mass is 16.5. The Balaban J connectivity index is 2.04. The number of hydrogen-bond acceptors (Lipinski definition) is 3. The summed E-state index contributed by atoms with van der Waals surface area (Å²) in [4.78, 5) is 14.0. The molecule has 0 spiro atoms. The van der Waals surface area contributed by atoms with Crippen LogP contribution in [0.25, 0.3) is 0 Å². The second-order valence-corrected chi connectivity index (χ2v) is 5.47. The van der Waals surface area contributed by atoms with Crippen molar-refractivity contribution in [1.29, 1.82) is 0 Å². The van der Waals surface area contributed by atoms with E-state index in [4.69, 9.17) is 9.84 Å². The molecule has 1 N–H and O–H groups in total. The molecule has 0 bridgehead atoms. The van der Waals surface area contributed by atoms with Crippen molar-refractivity contribution in [3.8, 4) is 5.75 Å². The molecule has 4 heteroatoms. The monoisotopic (exact) mass is 289 g/mol. The largest absolute Gasteiger partial charge is 0.496 e. The van der Waals surface area contributed by atoms with E-state index in [1.54, 1.807) is 18.1 Å². The molecule has 21 heavy (non-hydrogen) atoms. The van der Waals surface area contributed by atoms with Crippen LogP contribution in [0.4, 0.5) is 0 Å². The average Bonchev–Trinajstić information content (AvgIpc) is 3.29. The number of amides is 1. The maximum atomic E-state index is 12.3. The van der Waals surface area contributed by atoms with Gasteiger partial charge in [0.05, 0.1) is 13.7 Å². The third-order valence-corrected chi connectivity index (χ3v) is 3.64. The molecule has 1 amide bonds. The Hall–Kier alpha value is -1.81. The molecule has 2 rings (SSSR count). The van der Waals surface area contributed by atoms with Gasteiger partial charge in [-0.2, -0.15) is 0 Å². The fraction of sp³-hybridized carbons (Fsp3) is 0.471. The third-order valence-electron chi connectivity index (χ3n) is 3.64. The minimum atomic E-state index is -0.000974. The highest BCUT2D eigenvalue weighted by Gasteiger charge is 2.31. The fourth-order valence-electron chi connectivity index (χ4n) is 2.46. The Morgan fingerprint density at radius 1 is 1.43 bits per heavy atom. The van der Waals surface area contributed by atoms with Crippen molar-refractivity contribution in [1.82, 2.24) is 4.90 Å². The standard InChI is InChI=1S/C17H23NO3/c1-13(11-14-5-3-4-6-16(14)21-2)12-17(20)18(9-10-19)15-7-8-15/h3-6,12,15,19H,7-11H2,1-2H3/b13-12+. The number of methoxy groups -OCH3 is 1. The van der Waals surface area contributed by atoms with E-state index in [0.717, 1.165) is 29.7 Å². The number of carbonyl (C=O) groups is 1. The van der Waals surface area contributed by atoms with Crippen molar-refractivity contribution >= 4 is 5.91 Å². The van der Waals surface area contributed by atoms with Crippen LogP contribution in [-0.2, 0) is 11.2 Å². The first-order valence-electron chi connectivity index (χ1n) is 7.36. The molecule has 0 radical (unpaired) electrons. The van der Waals surface area contributed by atoms with Gasteiger partial charge < -0.3 is 14.7 Å². The Labute approximate surface area is 126 Å². The van der Waals surface area contributed by atoms with E-state index in [0.29, 0.717) is 19.0 Å². The summed E-state index contributed by atoms with van der Waals surface area (Å²) in [5.74, 6) is 0.839. The molecule has 0 saturated heterocycles. The van der Waals surface area contributed by atoms with Crippen LogP contribution in [0.1, 0.15) is 25.3 Å². The molecule has 0 unspecified atom stereocenters. The van der Waals surface area contributed by atoms with Gasteiger partial charge in [0.25, 0.3) is 0 Å². The number of benzene rings is 1. The van der Waals surface area contributed by atoms with Crippen molar-refractivity contribution in [2.75, 3.05) is 20.3 Å². The number of allylic oxidation sites excluding steroid dienone is 1. The second-order valence-electron chi connectivity index (χ2n) is 5.47. The number of rotatable bonds is 7. The first-order valence-corrected chi connectivity index (χ1v) is 7.36. The number of para-hydroxylation sites is 1. The molecule has 1 aliphatic rings. The quantitative estimate of drug-likeness (QED) is 0.783. The van der Waals surface area contributed by atoms with Crippen LogP contribution in [0.5, 0.6) is 5.75 Å². The van der Waals surface area contributed by atoms with Crippen molar-refractivity contribution in [3.63, 3.8) is 0 Å². The molecule has 1 saturated carbocycles. The van der Waals surface area contributed by atoms with E-state index in [-0.39, 0.29) is 12.5 Å². The lowest BCUT2D eigenvalue weighted by molar-refractivity contribution is -0.127. The topological polar surface area (TPSA) is 49.8 Å². The normalized spacial score (nSPS) is 14.9. The van der Waals surface area contributed by atoms with Gasteiger partial charge in [0, 0.05) is 18.7 Å². The minimum Gasteiger partial charge on any atom is -0.496 e. The predicted octanol–water partition coefficient (Wildman–Crippen LogP) is 2.17. The van der Waals surface area contributed by atoms with Crippen LogP contribution in [0.15, 0.2) is 35.9 Å². The van der Waals surface area contributed by atoms with Gasteiger partial charge in [-0.15, -0.1) is 0 Å². The lowest BCUT2D eigenvalue weighted by Crippen LogP contribution is -2.34. The van der Waals surface area contributed by atoms with E-state index in [9.17, 15) is 4.79 Å². The molecule has 4 nitrogen and oxygen atoms in total. The van der Waals surface area contributed by atoms with Gasteiger partial charge >= 0.3 is 0 Å². The number of ether oxygens (including phenoxy) is 1. The van der Waals surface area contributed by atoms with Gasteiger partial charge in [-0.3, -0.25) is 4.79 Å². The van der Waals surface area contributed by atoms with Gasteiger partial charge in [-0.25, -0.2) is 0 Å². The fourth-order valence-corrected chi connectivity index (χ4v) is 2.46. The van der Waals surface area contributed by atoms with Crippen LogP contribution in [0.3, 0.4) is 0 Å². The van der Waals surface area contributed by atoms with Crippen LogP contribution in [-0.4, -0.2) is 42.2 Å². The van der Waals surface area contributed by atoms with E-state index in [1.807, 2.05) is 31.2 Å². The third kappa shape index (κ3) is 4.33. The van der Waals surface area contributed by atoms with Crippen LogP contribution in [0.2, 0.25) is 0 Å². The van der Waals surface area contributed by atoms with Crippen LogP contribution < -0.4 is 4.74 Å². The summed E-state index contributed by atoms with van der Waals surface area (Å²) in [6.07, 6.45) is 4.46. The van der Waals surface area contributed by atoms with Crippen LogP contribution >= 0.6 is 0 Å². The van der Waals surface area contributed by atoms with Gasteiger partial charge in [0.1, 0.15) is 5.75 Å². The summed E-state index contributed by atoms with van der Waals surface area (Å²) >= 11 is 0. The summed E-state index contributed by atoms with van der Waals surface area (Å²) in [7, 11) is 1.65. The summed E-state index contributed by atoms with van der Waals surface area (Å²) in [5.41, 5.74) is 2.06. The number of aliphatic hydroxyl groups is 1. The second kappa shape index (κ2) is 7.27. The summed E-state index contributed by atoms with van der Waals surface area (Å²) in [6, 6.07) is 8.15. The predicted molar refractivity (Wildman–Crippen MR) is 82.3 cm³/mol.